The predicted molar refractivity (Wildman–Crippen MR) is 80.6 cm³/mol. The summed E-state index contributed by atoms with van der Waals surface area (Å²) in [6.45, 7) is 0.186. The van der Waals surface area contributed by atoms with Crippen LogP contribution in [0.2, 0.25) is 0 Å². The van der Waals surface area contributed by atoms with Crippen LogP contribution in [0.15, 0.2) is 46.9 Å². The topological polar surface area (TPSA) is 35.5 Å². The summed E-state index contributed by atoms with van der Waals surface area (Å²) in [7, 11) is 1.35. The van der Waals surface area contributed by atoms with Crippen LogP contribution in [-0.2, 0) is 22.6 Å². The first-order chi connectivity index (χ1) is 10.1. The molecule has 0 bridgehead atoms. The number of ether oxygens (including phenoxy) is 2. The van der Waals surface area contributed by atoms with Gasteiger partial charge in [0.1, 0.15) is 6.61 Å². The van der Waals surface area contributed by atoms with Gasteiger partial charge in [0, 0.05) is 4.47 Å². The van der Waals surface area contributed by atoms with Crippen molar-refractivity contribution in [1.29, 1.82) is 0 Å². The fourth-order valence-corrected chi connectivity index (χ4v) is 2.18. The molecular weight excluding hydrogens is 339 g/mol. The van der Waals surface area contributed by atoms with E-state index in [0.717, 1.165) is 11.1 Å². The summed E-state index contributed by atoms with van der Waals surface area (Å²) in [5.41, 5.74) is 1.63. The first kappa shape index (κ1) is 15.5. The Kier molecular flexibility index (Phi) is 5.33. The Hall–Kier alpha value is -1.88. The maximum Gasteiger partial charge on any atom is 0.309 e. The van der Waals surface area contributed by atoms with Gasteiger partial charge in [-0.05, 0) is 29.3 Å². The zero-order valence-corrected chi connectivity index (χ0v) is 13.0. The predicted octanol–water partition coefficient (Wildman–Crippen LogP) is 3.88. The van der Waals surface area contributed by atoms with Crippen molar-refractivity contribution in [2.24, 2.45) is 0 Å². The molecule has 5 heteroatoms. The summed E-state index contributed by atoms with van der Waals surface area (Å²) in [6, 6.07) is 12.0. The third-order valence-electron chi connectivity index (χ3n) is 2.96. The molecule has 0 saturated carbocycles. The van der Waals surface area contributed by atoms with E-state index in [1.165, 1.54) is 13.2 Å². The molecule has 0 atom stereocenters. The highest BCUT2D eigenvalue weighted by Crippen LogP contribution is 2.23. The number of halogens is 2. The van der Waals surface area contributed by atoms with Crippen LogP contribution in [-0.4, -0.2) is 13.1 Å². The van der Waals surface area contributed by atoms with Crippen LogP contribution in [0.5, 0.6) is 5.75 Å². The second-order valence-corrected chi connectivity index (χ2v) is 5.30. The number of hydrogen-bond donors (Lipinski definition) is 0. The van der Waals surface area contributed by atoms with Gasteiger partial charge in [0.25, 0.3) is 0 Å². The molecule has 0 N–H and O–H groups in total. The summed E-state index contributed by atoms with van der Waals surface area (Å²) in [4.78, 5) is 11.4. The summed E-state index contributed by atoms with van der Waals surface area (Å²) in [5.74, 6) is -0.585. The second kappa shape index (κ2) is 7.22. The number of methoxy groups -OCH3 is 1. The average Bonchev–Trinajstić information content (AvgIpc) is 2.47. The Labute approximate surface area is 130 Å². The van der Waals surface area contributed by atoms with Gasteiger partial charge in [0.2, 0.25) is 0 Å². The molecule has 0 saturated heterocycles. The number of benzene rings is 2. The maximum atomic E-state index is 13.7. The molecule has 0 aliphatic rings. The van der Waals surface area contributed by atoms with Gasteiger partial charge in [-0.2, -0.15) is 0 Å². The van der Waals surface area contributed by atoms with E-state index in [4.69, 9.17) is 4.74 Å². The van der Waals surface area contributed by atoms with Crippen LogP contribution in [0, 0.1) is 5.82 Å². The van der Waals surface area contributed by atoms with Gasteiger partial charge < -0.3 is 9.47 Å². The van der Waals surface area contributed by atoms with Crippen LogP contribution in [0.3, 0.4) is 0 Å². The van der Waals surface area contributed by atoms with E-state index in [1.807, 2.05) is 24.3 Å². The van der Waals surface area contributed by atoms with E-state index < -0.39 is 5.82 Å². The lowest BCUT2D eigenvalue weighted by atomic mass is 10.1. The molecule has 0 radical (unpaired) electrons. The number of esters is 1. The van der Waals surface area contributed by atoms with Gasteiger partial charge in [-0.25, -0.2) is 4.39 Å². The Morgan fingerprint density at radius 2 is 1.90 bits per heavy atom. The molecule has 2 rings (SSSR count). The lowest BCUT2D eigenvalue weighted by Crippen LogP contribution is -2.08. The third-order valence-corrected chi connectivity index (χ3v) is 3.45. The number of carbonyl (C=O) groups is 1. The van der Waals surface area contributed by atoms with Crippen molar-refractivity contribution in [2.75, 3.05) is 7.11 Å². The van der Waals surface area contributed by atoms with Crippen molar-refractivity contribution in [2.45, 2.75) is 13.0 Å². The molecule has 3 nitrogen and oxygen atoms in total. The van der Waals surface area contributed by atoms with E-state index in [-0.39, 0.29) is 24.7 Å². The van der Waals surface area contributed by atoms with Crippen LogP contribution < -0.4 is 4.74 Å². The van der Waals surface area contributed by atoms with Crippen molar-refractivity contribution in [1.82, 2.24) is 0 Å². The highest BCUT2D eigenvalue weighted by Gasteiger charge is 2.09. The van der Waals surface area contributed by atoms with Crippen molar-refractivity contribution >= 4 is 21.9 Å². The third kappa shape index (κ3) is 4.29. The minimum Gasteiger partial charge on any atom is -0.486 e. The zero-order valence-electron chi connectivity index (χ0n) is 11.4. The summed E-state index contributed by atoms with van der Waals surface area (Å²) in [6.07, 6.45) is 0.166. The van der Waals surface area contributed by atoms with E-state index in [1.54, 1.807) is 12.1 Å². The minimum absolute atomic E-state index is 0.166. The lowest BCUT2D eigenvalue weighted by molar-refractivity contribution is -0.139. The monoisotopic (exact) mass is 352 g/mol. The highest BCUT2D eigenvalue weighted by atomic mass is 79.9. The maximum absolute atomic E-state index is 13.7. The van der Waals surface area contributed by atoms with Crippen LogP contribution >= 0.6 is 15.9 Å². The quantitative estimate of drug-likeness (QED) is 0.766. The van der Waals surface area contributed by atoms with Crippen LogP contribution in [0.1, 0.15) is 11.1 Å². The molecule has 0 fully saturated rings. The molecule has 0 spiro atoms. The molecular formula is C16H14BrFO3. The van der Waals surface area contributed by atoms with E-state index in [0.29, 0.717) is 4.47 Å². The Balaban J connectivity index is 2.11. The van der Waals surface area contributed by atoms with Gasteiger partial charge in [-0.1, -0.05) is 40.2 Å². The van der Waals surface area contributed by atoms with Gasteiger partial charge in [0.05, 0.1) is 13.5 Å². The van der Waals surface area contributed by atoms with E-state index in [9.17, 15) is 9.18 Å². The van der Waals surface area contributed by atoms with Gasteiger partial charge >= 0.3 is 5.97 Å². The summed E-state index contributed by atoms with van der Waals surface area (Å²) < 4.78 is 24.5. The van der Waals surface area contributed by atoms with E-state index in [2.05, 4.69) is 20.7 Å². The fourth-order valence-electron chi connectivity index (χ4n) is 1.85. The minimum atomic E-state index is -0.435. The van der Waals surface area contributed by atoms with Gasteiger partial charge in [-0.3, -0.25) is 4.79 Å². The molecule has 2 aromatic carbocycles. The van der Waals surface area contributed by atoms with Crippen molar-refractivity contribution in [3.8, 4) is 5.75 Å². The first-order valence-electron chi connectivity index (χ1n) is 6.31. The molecule has 2 aromatic rings. The normalized spacial score (nSPS) is 10.2. The molecule has 0 aliphatic carbocycles. The summed E-state index contributed by atoms with van der Waals surface area (Å²) in [5, 5.41) is 0. The SMILES string of the molecule is COC(=O)Cc1ccccc1COc1ccc(Br)cc1F. The summed E-state index contributed by atoms with van der Waals surface area (Å²) >= 11 is 3.19. The smallest absolute Gasteiger partial charge is 0.309 e. The van der Waals surface area contributed by atoms with E-state index >= 15 is 0 Å². The number of hydrogen-bond acceptors (Lipinski definition) is 3. The van der Waals surface area contributed by atoms with Crippen molar-refractivity contribution in [3.63, 3.8) is 0 Å². The molecule has 21 heavy (non-hydrogen) atoms. The van der Waals surface area contributed by atoms with Crippen LogP contribution in [0.4, 0.5) is 4.39 Å². The molecule has 0 unspecified atom stereocenters. The van der Waals surface area contributed by atoms with Crippen molar-refractivity contribution < 1.29 is 18.7 Å². The molecule has 0 aliphatic heterocycles. The largest absolute Gasteiger partial charge is 0.486 e. The average molecular weight is 353 g/mol. The molecule has 0 heterocycles. The van der Waals surface area contributed by atoms with Crippen molar-refractivity contribution in [3.05, 3.63) is 63.9 Å². The highest BCUT2D eigenvalue weighted by molar-refractivity contribution is 9.10. The molecule has 0 aromatic heterocycles. The number of rotatable bonds is 5. The van der Waals surface area contributed by atoms with Gasteiger partial charge in [-0.15, -0.1) is 0 Å². The van der Waals surface area contributed by atoms with Gasteiger partial charge in [0.15, 0.2) is 11.6 Å². The fraction of sp³-hybridized carbons (Fsp3) is 0.188. The number of carbonyl (C=O) groups excluding carboxylic acids is 1. The van der Waals surface area contributed by atoms with Crippen LogP contribution in [0.25, 0.3) is 0 Å². The zero-order chi connectivity index (χ0) is 15.2. The Morgan fingerprint density at radius 1 is 1.19 bits per heavy atom. The molecule has 0 amide bonds. The lowest BCUT2D eigenvalue weighted by Gasteiger charge is -2.11. The Bertz CT molecular complexity index is 643. The first-order valence-corrected chi connectivity index (χ1v) is 7.11. The Morgan fingerprint density at radius 3 is 2.57 bits per heavy atom. The second-order valence-electron chi connectivity index (χ2n) is 4.39. The standard InChI is InChI=1S/C16H14BrFO3/c1-20-16(19)8-11-4-2-3-5-12(11)10-21-15-7-6-13(17)9-14(15)18/h2-7,9H,8,10H2,1H3. The molecule has 110 valence electrons.